The van der Waals surface area contributed by atoms with Gasteiger partial charge in [0.15, 0.2) is 5.96 Å². The van der Waals surface area contributed by atoms with Crippen molar-refractivity contribution in [1.82, 2.24) is 15.5 Å². The predicted octanol–water partition coefficient (Wildman–Crippen LogP) is 3.91. The highest BCUT2D eigenvalue weighted by atomic mass is 127. The summed E-state index contributed by atoms with van der Waals surface area (Å²) < 4.78 is 11.1. The first-order valence-electron chi connectivity index (χ1n) is 10.4. The summed E-state index contributed by atoms with van der Waals surface area (Å²) >= 11 is 0. The Morgan fingerprint density at radius 1 is 1.27 bits per heavy atom. The highest BCUT2D eigenvalue weighted by Gasteiger charge is 2.27. The molecule has 0 saturated carbocycles. The van der Waals surface area contributed by atoms with Crippen molar-refractivity contribution in [2.24, 2.45) is 4.99 Å². The van der Waals surface area contributed by atoms with Gasteiger partial charge >= 0.3 is 6.09 Å². The third-order valence-corrected chi connectivity index (χ3v) is 4.58. The first-order chi connectivity index (χ1) is 13.8. The first kappa shape index (κ1) is 26.5. The number of nitrogens with one attached hydrogen (secondary N) is 2. The number of likely N-dealkylation sites (tertiary alicyclic amines) is 1. The van der Waals surface area contributed by atoms with Gasteiger partial charge in [-0.2, -0.15) is 0 Å². The highest BCUT2D eigenvalue weighted by molar-refractivity contribution is 14.0. The van der Waals surface area contributed by atoms with Crippen LogP contribution in [0.5, 0.6) is 0 Å². The zero-order valence-corrected chi connectivity index (χ0v) is 21.2. The summed E-state index contributed by atoms with van der Waals surface area (Å²) in [5, 5.41) is 6.40. The van der Waals surface area contributed by atoms with E-state index in [2.05, 4.69) is 39.6 Å². The Kier molecular flexibility index (Phi) is 11.5. The molecule has 1 aliphatic heterocycles. The number of aliphatic imine (C=N–C) groups is 1. The first-order valence-corrected chi connectivity index (χ1v) is 10.4. The van der Waals surface area contributed by atoms with Crippen LogP contribution in [0.1, 0.15) is 51.7 Å². The van der Waals surface area contributed by atoms with Crippen molar-refractivity contribution >= 4 is 36.0 Å². The van der Waals surface area contributed by atoms with Gasteiger partial charge in [0.25, 0.3) is 0 Å². The molecule has 1 aromatic rings. The number of carbonyl (C=O) groups excluding carboxylic acids is 1. The van der Waals surface area contributed by atoms with E-state index < -0.39 is 5.60 Å². The molecule has 1 amide bonds. The SMILES string of the molecule is CCCOCc1ccccc1CNC(=NC)N1CCC(NC(=O)OC(C)(C)C)C1.I. The molecule has 0 radical (unpaired) electrons. The molecule has 8 heteroatoms. The van der Waals surface area contributed by atoms with Crippen LogP contribution in [-0.4, -0.2) is 55.3 Å². The number of nitrogens with zero attached hydrogens (tertiary/aromatic N) is 2. The normalized spacial score (nSPS) is 16.8. The molecule has 1 aliphatic rings. The van der Waals surface area contributed by atoms with Gasteiger partial charge in [0.1, 0.15) is 5.60 Å². The van der Waals surface area contributed by atoms with E-state index >= 15 is 0 Å². The van der Waals surface area contributed by atoms with Gasteiger partial charge in [0, 0.05) is 33.3 Å². The molecular formula is C22H37IN4O3. The van der Waals surface area contributed by atoms with Crippen LogP contribution >= 0.6 is 24.0 Å². The third-order valence-electron chi connectivity index (χ3n) is 4.58. The maximum atomic E-state index is 12.0. The summed E-state index contributed by atoms with van der Waals surface area (Å²) in [6, 6.07) is 8.35. The Hall–Kier alpha value is -1.55. The van der Waals surface area contributed by atoms with Crippen molar-refractivity contribution in [3.63, 3.8) is 0 Å². The van der Waals surface area contributed by atoms with Gasteiger partial charge in [-0.1, -0.05) is 31.2 Å². The molecule has 1 unspecified atom stereocenters. The topological polar surface area (TPSA) is 75.2 Å². The number of carbonyl (C=O) groups is 1. The lowest BCUT2D eigenvalue weighted by atomic mass is 10.1. The summed E-state index contributed by atoms with van der Waals surface area (Å²) in [5.41, 5.74) is 1.90. The smallest absolute Gasteiger partial charge is 0.407 e. The lowest BCUT2D eigenvalue weighted by Crippen LogP contribution is -2.44. The molecule has 0 aromatic heterocycles. The standard InChI is InChI=1S/C22H36N4O3.HI/c1-6-13-28-16-18-10-8-7-9-17(18)14-24-20(23-5)26-12-11-19(15-26)25-21(27)29-22(2,3)4;/h7-10,19H,6,11-16H2,1-5H3,(H,23,24)(H,25,27);1H. The minimum atomic E-state index is -0.492. The molecule has 2 rings (SSSR count). The largest absolute Gasteiger partial charge is 0.444 e. The van der Waals surface area contributed by atoms with Crippen LogP contribution in [0, 0.1) is 0 Å². The van der Waals surface area contributed by atoms with Gasteiger partial charge in [0.2, 0.25) is 0 Å². The van der Waals surface area contributed by atoms with Gasteiger partial charge in [-0.15, -0.1) is 24.0 Å². The average molecular weight is 532 g/mol. The highest BCUT2D eigenvalue weighted by Crippen LogP contribution is 2.14. The third kappa shape index (κ3) is 9.07. The van der Waals surface area contributed by atoms with E-state index in [0.717, 1.165) is 32.0 Å². The molecule has 2 N–H and O–H groups in total. The minimum absolute atomic E-state index is 0. The number of benzene rings is 1. The van der Waals surface area contributed by atoms with Gasteiger partial charge < -0.3 is 25.0 Å². The summed E-state index contributed by atoms with van der Waals surface area (Å²) in [6.07, 6.45) is 1.51. The maximum Gasteiger partial charge on any atom is 0.407 e. The van der Waals surface area contributed by atoms with Crippen molar-refractivity contribution in [2.75, 3.05) is 26.7 Å². The predicted molar refractivity (Wildman–Crippen MR) is 131 cm³/mol. The van der Waals surface area contributed by atoms with E-state index in [1.54, 1.807) is 7.05 Å². The monoisotopic (exact) mass is 532 g/mol. The zero-order chi connectivity index (χ0) is 21.3. The van der Waals surface area contributed by atoms with Crippen LogP contribution in [0.25, 0.3) is 0 Å². The summed E-state index contributed by atoms with van der Waals surface area (Å²) in [7, 11) is 1.78. The number of amides is 1. The van der Waals surface area contributed by atoms with E-state index in [0.29, 0.717) is 19.7 Å². The van der Waals surface area contributed by atoms with E-state index in [4.69, 9.17) is 9.47 Å². The Bertz CT molecular complexity index is 691. The number of hydrogen-bond acceptors (Lipinski definition) is 4. The molecule has 30 heavy (non-hydrogen) atoms. The van der Waals surface area contributed by atoms with Gasteiger partial charge in [-0.05, 0) is 44.7 Å². The molecule has 1 aromatic carbocycles. The second-order valence-corrected chi connectivity index (χ2v) is 8.30. The minimum Gasteiger partial charge on any atom is -0.444 e. The lowest BCUT2D eigenvalue weighted by Gasteiger charge is -2.23. The van der Waals surface area contributed by atoms with Crippen molar-refractivity contribution < 1.29 is 14.3 Å². The van der Waals surface area contributed by atoms with Crippen LogP contribution in [0.4, 0.5) is 4.79 Å². The number of halogens is 1. The molecule has 7 nitrogen and oxygen atoms in total. The molecular weight excluding hydrogens is 495 g/mol. The zero-order valence-electron chi connectivity index (χ0n) is 18.9. The van der Waals surface area contributed by atoms with Crippen molar-refractivity contribution in [1.29, 1.82) is 0 Å². The Labute approximate surface area is 198 Å². The number of guanidine groups is 1. The van der Waals surface area contributed by atoms with Gasteiger partial charge in [-0.3, -0.25) is 4.99 Å². The summed E-state index contributed by atoms with van der Waals surface area (Å²) in [4.78, 5) is 18.6. The average Bonchev–Trinajstić information content (AvgIpc) is 3.10. The van der Waals surface area contributed by atoms with Crippen molar-refractivity contribution in [3.8, 4) is 0 Å². The van der Waals surface area contributed by atoms with Gasteiger partial charge in [0.05, 0.1) is 12.6 Å². The molecule has 0 aliphatic carbocycles. The fourth-order valence-corrected chi connectivity index (χ4v) is 3.25. The Balaban J connectivity index is 0.00000450. The molecule has 0 bridgehead atoms. The van der Waals surface area contributed by atoms with Crippen LogP contribution in [-0.2, 0) is 22.6 Å². The Morgan fingerprint density at radius 3 is 2.60 bits per heavy atom. The number of ether oxygens (including phenoxy) is 2. The quantitative estimate of drug-likeness (QED) is 0.241. The van der Waals surface area contributed by atoms with Crippen molar-refractivity contribution in [3.05, 3.63) is 35.4 Å². The fourth-order valence-electron chi connectivity index (χ4n) is 3.25. The maximum absolute atomic E-state index is 12.0. The molecule has 1 saturated heterocycles. The second kappa shape index (κ2) is 13.0. The molecule has 1 atom stereocenters. The van der Waals surface area contributed by atoms with Crippen LogP contribution in [0.15, 0.2) is 29.3 Å². The van der Waals surface area contributed by atoms with Crippen LogP contribution in [0.3, 0.4) is 0 Å². The summed E-state index contributed by atoms with van der Waals surface area (Å²) in [5.74, 6) is 0.836. The molecule has 1 fully saturated rings. The van der Waals surface area contributed by atoms with Gasteiger partial charge in [-0.25, -0.2) is 4.79 Å². The van der Waals surface area contributed by atoms with E-state index in [1.165, 1.54) is 11.1 Å². The number of alkyl carbamates (subject to hydrolysis) is 1. The van der Waals surface area contributed by atoms with E-state index in [1.807, 2.05) is 32.9 Å². The molecule has 0 spiro atoms. The number of rotatable bonds is 7. The Morgan fingerprint density at radius 2 is 1.97 bits per heavy atom. The lowest BCUT2D eigenvalue weighted by molar-refractivity contribution is 0.0507. The van der Waals surface area contributed by atoms with Crippen molar-refractivity contribution in [2.45, 2.75) is 65.3 Å². The fraction of sp³-hybridized carbons (Fsp3) is 0.636. The summed E-state index contributed by atoms with van der Waals surface area (Å²) in [6.45, 7) is 11.3. The second-order valence-electron chi connectivity index (χ2n) is 8.30. The van der Waals surface area contributed by atoms with E-state index in [9.17, 15) is 4.79 Å². The van der Waals surface area contributed by atoms with E-state index in [-0.39, 0.29) is 36.1 Å². The number of hydrogen-bond donors (Lipinski definition) is 2. The molecule has 1 heterocycles. The molecule has 170 valence electrons. The van der Waals surface area contributed by atoms with Crippen LogP contribution in [0.2, 0.25) is 0 Å². The van der Waals surface area contributed by atoms with Crippen LogP contribution < -0.4 is 10.6 Å².